The molecule has 148 valence electrons. The van der Waals surface area contributed by atoms with E-state index >= 15 is 0 Å². The molecule has 1 aromatic rings. The monoisotopic (exact) mass is 366 g/mol. The Labute approximate surface area is 157 Å². The molecule has 0 unspecified atom stereocenters. The Morgan fingerprint density at radius 2 is 1.92 bits per heavy atom. The molecular formula is C20H34N2O4. The third kappa shape index (κ3) is 8.15. The van der Waals surface area contributed by atoms with Crippen molar-refractivity contribution in [2.24, 2.45) is 0 Å². The second-order valence-corrected chi connectivity index (χ2v) is 6.42. The molecule has 1 amide bonds. The molecule has 1 aromatic heterocycles. The molecule has 1 heterocycles. The van der Waals surface area contributed by atoms with Crippen molar-refractivity contribution in [3.63, 3.8) is 0 Å². The van der Waals surface area contributed by atoms with Gasteiger partial charge >= 0.3 is 0 Å². The number of nitrogens with one attached hydrogen (secondary N) is 1. The number of anilines is 1. The summed E-state index contributed by atoms with van der Waals surface area (Å²) in [5.74, 6) is 0.379. The lowest BCUT2D eigenvalue weighted by molar-refractivity contribution is -0.140. The van der Waals surface area contributed by atoms with Crippen molar-refractivity contribution in [1.29, 1.82) is 0 Å². The summed E-state index contributed by atoms with van der Waals surface area (Å²) in [6.07, 6.45) is 6.35. The van der Waals surface area contributed by atoms with Crippen LogP contribution in [0.2, 0.25) is 0 Å². The number of rotatable bonds is 14. The van der Waals surface area contributed by atoms with Crippen LogP contribution in [0.25, 0.3) is 0 Å². The van der Waals surface area contributed by atoms with Crippen LogP contribution in [0.15, 0.2) is 18.3 Å². The van der Waals surface area contributed by atoms with Crippen molar-refractivity contribution in [2.75, 3.05) is 31.7 Å². The zero-order valence-electron chi connectivity index (χ0n) is 16.7. The summed E-state index contributed by atoms with van der Waals surface area (Å²) in [6.45, 7) is 10.2. The summed E-state index contributed by atoms with van der Waals surface area (Å²) in [6, 6.07) is 3.52. The highest BCUT2D eigenvalue weighted by atomic mass is 16.5. The number of unbranched alkanes of at least 4 members (excludes halogenated alkanes) is 2. The summed E-state index contributed by atoms with van der Waals surface area (Å²) in [5.41, 5.74) is -0.188. The number of carbonyl (C=O) groups is 1. The maximum atomic E-state index is 12.8. The molecule has 0 bridgehead atoms. The van der Waals surface area contributed by atoms with Crippen LogP contribution < -0.4 is 10.1 Å². The van der Waals surface area contributed by atoms with Crippen molar-refractivity contribution in [3.8, 4) is 5.88 Å². The molecule has 1 N–H and O–H groups in total. The average molecular weight is 367 g/mol. The predicted molar refractivity (Wildman–Crippen MR) is 104 cm³/mol. The Balaban J connectivity index is 2.60. The molecular weight excluding hydrogens is 332 g/mol. The lowest BCUT2D eigenvalue weighted by atomic mass is 9.96. The number of hydrogen-bond donors (Lipinski definition) is 1. The molecule has 26 heavy (non-hydrogen) atoms. The Kier molecular flexibility index (Phi) is 10.9. The molecule has 0 aromatic carbocycles. The van der Waals surface area contributed by atoms with E-state index in [1.807, 2.05) is 20.8 Å². The quantitative estimate of drug-likeness (QED) is 0.500. The normalized spacial score (nSPS) is 13.2. The van der Waals surface area contributed by atoms with Gasteiger partial charge in [-0.3, -0.25) is 4.79 Å². The highest BCUT2D eigenvalue weighted by Gasteiger charge is 2.33. The van der Waals surface area contributed by atoms with E-state index in [-0.39, 0.29) is 5.91 Å². The van der Waals surface area contributed by atoms with Gasteiger partial charge in [0.15, 0.2) is 0 Å². The van der Waals surface area contributed by atoms with Crippen LogP contribution in [0.1, 0.15) is 59.8 Å². The third-order valence-electron chi connectivity index (χ3n) is 4.04. The van der Waals surface area contributed by atoms with E-state index in [0.717, 1.165) is 25.7 Å². The number of ether oxygens (including phenoxy) is 3. The van der Waals surface area contributed by atoms with Gasteiger partial charge in [0.1, 0.15) is 12.2 Å². The number of amides is 1. The first-order valence-corrected chi connectivity index (χ1v) is 9.67. The first-order chi connectivity index (χ1) is 12.6. The fourth-order valence-electron chi connectivity index (χ4n) is 2.44. The van der Waals surface area contributed by atoms with Crippen molar-refractivity contribution in [2.45, 2.75) is 65.4 Å². The molecule has 0 aliphatic heterocycles. The van der Waals surface area contributed by atoms with Gasteiger partial charge in [-0.05, 0) is 32.8 Å². The molecule has 0 fully saturated rings. The summed E-state index contributed by atoms with van der Waals surface area (Å²) < 4.78 is 16.6. The molecule has 6 nitrogen and oxygen atoms in total. The van der Waals surface area contributed by atoms with Crippen molar-refractivity contribution in [3.05, 3.63) is 18.3 Å². The number of nitrogens with zero attached hydrogens (tertiary/aromatic N) is 1. The van der Waals surface area contributed by atoms with E-state index < -0.39 is 5.60 Å². The molecule has 1 atom stereocenters. The average Bonchev–Trinajstić information content (AvgIpc) is 2.65. The topological polar surface area (TPSA) is 69.7 Å². The molecule has 0 spiro atoms. The van der Waals surface area contributed by atoms with Crippen LogP contribution in [-0.2, 0) is 14.3 Å². The number of carbonyl (C=O) groups excluding carboxylic acids is 1. The highest BCUT2D eigenvalue weighted by molar-refractivity contribution is 5.96. The Morgan fingerprint density at radius 3 is 2.54 bits per heavy atom. The molecule has 0 saturated heterocycles. The summed E-state index contributed by atoms with van der Waals surface area (Å²) >= 11 is 0. The maximum Gasteiger partial charge on any atom is 0.256 e. The molecule has 0 saturated carbocycles. The van der Waals surface area contributed by atoms with Gasteiger partial charge in [0.05, 0.1) is 18.5 Å². The minimum absolute atomic E-state index is 0.131. The van der Waals surface area contributed by atoms with Crippen LogP contribution >= 0.6 is 0 Å². The van der Waals surface area contributed by atoms with Crippen molar-refractivity contribution < 1.29 is 19.0 Å². The van der Waals surface area contributed by atoms with E-state index in [1.54, 1.807) is 18.3 Å². The molecule has 6 heteroatoms. The molecule has 0 radical (unpaired) electrons. The zero-order valence-corrected chi connectivity index (χ0v) is 16.7. The van der Waals surface area contributed by atoms with Gasteiger partial charge in [-0.25, -0.2) is 4.98 Å². The van der Waals surface area contributed by atoms with Crippen LogP contribution in [0.4, 0.5) is 5.69 Å². The van der Waals surface area contributed by atoms with E-state index in [1.165, 1.54) is 0 Å². The van der Waals surface area contributed by atoms with Crippen LogP contribution in [0.5, 0.6) is 5.88 Å². The van der Waals surface area contributed by atoms with E-state index in [0.29, 0.717) is 44.4 Å². The first-order valence-electron chi connectivity index (χ1n) is 9.67. The Bertz CT molecular complexity index is 507. The Hall–Kier alpha value is -1.66. The number of hydrogen-bond acceptors (Lipinski definition) is 5. The lowest BCUT2D eigenvalue weighted by Crippen LogP contribution is -2.43. The van der Waals surface area contributed by atoms with Gasteiger partial charge in [0.25, 0.3) is 5.91 Å². The maximum absolute atomic E-state index is 12.8. The largest absolute Gasteiger partial charge is 0.475 e. The fraction of sp³-hybridized carbons (Fsp3) is 0.700. The van der Waals surface area contributed by atoms with Crippen molar-refractivity contribution in [1.82, 2.24) is 4.98 Å². The predicted octanol–water partition coefficient (Wildman–Crippen LogP) is 4.20. The summed E-state index contributed by atoms with van der Waals surface area (Å²) in [7, 11) is 0. The van der Waals surface area contributed by atoms with Crippen LogP contribution in [0, 0.1) is 0 Å². The highest BCUT2D eigenvalue weighted by Crippen LogP contribution is 2.23. The van der Waals surface area contributed by atoms with Crippen molar-refractivity contribution >= 4 is 11.6 Å². The van der Waals surface area contributed by atoms with E-state index in [9.17, 15) is 4.79 Å². The zero-order chi connectivity index (χ0) is 19.3. The van der Waals surface area contributed by atoms with Gasteiger partial charge in [-0.1, -0.05) is 33.1 Å². The smallest absolute Gasteiger partial charge is 0.256 e. The lowest BCUT2D eigenvalue weighted by Gasteiger charge is -2.28. The molecule has 1 rings (SSSR count). The van der Waals surface area contributed by atoms with Crippen LogP contribution in [0.3, 0.4) is 0 Å². The second kappa shape index (κ2) is 12.7. The van der Waals surface area contributed by atoms with Gasteiger partial charge in [-0.15, -0.1) is 0 Å². The summed E-state index contributed by atoms with van der Waals surface area (Å²) in [4.78, 5) is 17.0. The van der Waals surface area contributed by atoms with Gasteiger partial charge < -0.3 is 19.5 Å². The minimum atomic E-state index is -0.822. The minimum Gasteiger partial charge on any atom is -0.475 e. The Morgan fingerprint density at radius 1 is 1.12 bits per heavy atom. The van der Waals surface area contributed by atoms with Gasteiger partial charge in [-0.2, -0.15) is 0 Å². The summed E-state index contributed by atoms with van der Waals surface area (Å²) in [5, 5.41) is 2.92. The SMILES string of the molecule is CCCCC[C@@](C)(OCCC)C(=O)Nc1ccc(OCCOCC)nc1. The van der Waals surface area contributed by atoms with Gasteiger partial charge in [0.2, 0.25) is 5.88 Å². The standard InChI is InChI=1S/C20H34N2O4/c1-5-8-9-12-20(4,26-13-6-2)19(23)22-17-10-11-18(21-16-17)25-15-14-24-7-3/h10-11,16H,5-9,12-15H2,1-4H3,(H,22,23)/t20-/m1/s1. The number of pyridine rings is 1. The first kappa shape index (κ1) is 22.4. The van der Waals surface area contributed by atoms with E-state index in [4.69, 9.17) is 14.2 Å². The second-order valence-electron chi connectivity index (χ2n) is 6.42. The third-order valence-corrected chi connectivity index (χ3v) is 4.04. The number of aromatic nitrogens is 1. The van der Waals surface area contributed by atoms with E-state index in [2.05, 4.69) is 17.2 Å². The van der Waals surface area contributed by atoms with Crippen LogP contribution in [-0.4, -0.2) is 42.9 Å². The fourth-order valence-corrected chi connectivity index (χ4v) is 2.44. The van der Waals surface area contributed by atoms with Gasteiger partial charge in [0, 0.05) is 19.3 Å². The molecule has 0 aliphatic carbocycles. The molecule has 0 aliphatic rings.